The molecule has 1 atom stereocenters. The van der Waals surface area contributed by atoms with E-state index in [-0.39, 0.29) is 0 Å². The molecule has 0 bridgehead atoms. The molecular weight excluding hydrogens is 560 g/mol. The van der Waals surface area contributed by atoms with Gasteiger partial charge in [-0.05, 0) is 18.6 Å². The van der Waals surface area contributed by atoms with Gasteiger partial charge in [-0.25, -0.2) is 4.39 Å². The van der Waals surface area contributed by atoms with Crippen LogP contribution in [0.3, 0.4) is 0 Å². The third kappa shape index (κ3) is 13.1. The number of benzene rings is 1. The molecule has 0 spiro atoms. The van der Waals surface area contributed by atoms with E-state index < -0.39 is 41.5 Å². The van der Waals surface area contributed by atoms with Crippen LogP contribution in [0.4, 0.5) is 46.5 Å². The Kier molecular flexibility index (Phi) is 16.4. The van der Waals surface area contributed by atoms with Gasteiger partial charge in [0.1, 0.15) is 5.75 Å². The van der Waals surface area contributed by atoms with Crippen molar-refractivity contribution in [1.82, 2.24) is 0 Å². The number of carbonyl (C=O) groups excluding carboxylic acids is 1. The Bertz CT molecular complexity index is 881. The van der Waals surface area contributed by atoms with Crippen molar-refractivity contribution in [2.45, 2.75) is 134 Å². The summed E-state index contributed by atoms with van der Waals surface area (Å²) in [6, 6.07) is 3.20. The average Bonchev–Trinajstić information content (AvgIpc) is 2.90. The maximum atomic E-state index is 13.7. The van der Waals surface area contributed by atoms with Crippen molar-refractivity contribution in [3.05, 3.63) is 18.2 Å². The second-order valence-electron chi connectivity index (χ2n) is 10.5. The normalized spacial score (nSPS) is 13.3. The molecule has 0 saturated heterocycles. The minimum Gasteiger partial charge on any atom is -0.506 e. The SMILES string of the molecule is CCCCCCCCCCCCCCCCCCNc1ccc(NC(=O)C(F)(F)C(F)(F)C(F)C(F)(F)F)c(O)c1. The van der Waals surface area contributed by atoms with Crippen LogP contribution in [-0.4, -0.2) is 41.8 Å². The number of rotatable bonds is 22. The van der Waals surface area contributed by atoms with E-state index in [0.717, 1.165) is 37.8 Å². The van der Waals surface area contributed by atoms with Crippen LogP contribution in [0, 0.1) is 0 Å². The molecule has 0 aliphatic heterocycles. The molecule has 1 aromatic carbocycles. The lowest BCUT2D eigenvalue weighted by Crippen LogP contribution is -2.58. The fourth-order valence-corrected chi connectivity index (χ4v) is 4.37. The minimum atomic E-state index is -6.36. The molecule has 0 heterocycles. The van der Waals surface area contributed by atoms with E-state index in [4.69, 9.17) is 0 Å². The largest absolute Gasteiger partial charge is 0.506 e. The van der Waals surface area contributed by atoms with Crippen LogP contribution in [-0.2, 0) is 4.79 Å². The number of hydrogen-bond acceptors (Lipinski definition) is 3. The number of aromatic hydroxyl groups is 1. The molecule has 1 amide bonds. The number of alkyl halides is 8. The Morgan fingerprint density at radius 1 is 0.756 bits per heavy atom. The second kappa shape index (κ2) is 18.3. The lowest BCUT2D eigenvalue weighted by atomic mass is 10.0. The molecule has 0 aliphatic rings. The number of halogens is 8. The Balaban J connectivity index is 2.25. The van der Waals surface area contributed by atoms with E-state index in [1.54, 1.807) is 0 Å². The highest BCUT2D eigenvalue weighted by Crippen LogP contribution is 2.45. The van der Waals surface area contributed by atoms with Gasteiger partial charge in [0.05, 0.1) is 5.69 Å². The number of unbranched alkanes of at least 4 members (excludes halogenated alkanes) is 15. The summed E-state index contributed by atoms with van der Waals surface area (Å²) in [5.41, 5.74) is -0.403. The first kappa shape index (κ1) is 36.8. The number of carbonyl (C=O) groups is 1. The molecule has 0 aromatic heterocycles. The third-order valence-electron chi connectivity index (χ3n) is 6.91. The Morgan fingerprint density at radius 2 is 1.20 bits per heavy atom. The summed E-state index contributed by atoms with van der Waals surface area (Å²) in [5, 5.41) is 14.2. The van der Waals surface area contributed by atoms with Gasteiger partial charge in [0.15, 0.2) is 0 Å². The van der Waals surface area contributed by atoms with Crippen molar-refractivity contribution < 1.29 is 45.0 Å². The van der Waals surface area contributed by atoms with Gasteiger partial charge in [0.2, 0.25) is 0 Å². The standard InChI is InChI=1S/C29H44F8N2O2/c1-2-3-4-5-6-7-8-9-10-11-12-13-14-15-16-17-20-38-22-18-19-23(24(40)21-22)39-26(41)28(33,34)27(31,32)25(30)29(35,36)37/h18-19,21,25,38,40H,2-17,20H2,1H3,(H,39,41). The van der Waals surface area contributed by atoms with Crippen molar-refractivity contribution in [2.24, 2.45) is 0 Å². The van der Waals surface area contributed by atoms with Crippen LogP contribution in [0.1, 0.15) is 110 Å². The summed E-state index contributed by atoms with van der Waals surface area (Å²) in [6.45, 7) is 2.76. The van der Waals surface area contributed by atoms with Gasteiger partial charge in [-0.15, -0.1) is 0 Å². The smallest absolute Gasteiger partial charge is 0.425 e. The first-order valence-corrected chi connectivity index (χ1v) is 14.6. The van der Waals surface area contributed by atoms with Crippen molar-refractivity contribution in [1.29, 1.82) is 0 Å². The summed E-state index contributed by atoms with van der Waals surface area (Å²) in [6.07, 6.45) is 8.09. The van der Waals surface area contributed by atoms with Gasteiger partial charge in [-0.3, -0.25) is 4.79 Å². The summed E-state index contributed by atoms with van der Waals surface area (Å²) < 4.78 is 104. The summed E-state index contributed by atoms with van der Waals surface area (Å²) in [7, 11) is 0. The number of anilines is 2. The quantitative estimate of drug-likeness (QED) is 0.0701. The highest BCUT2D eigenvalue weighted by atomic mass is 19.4. The number of amides is 1. The van der Waals surface area contributed by atoms with Crippen LogP contribution in [0.5, 0.6) is 5.75 Å². The maximum absolute atomic E-state index is 13.7. The van der Waals surface area contributed by atoms with Gasteiger partial charge in [-0.2, -0.15) is 30.7 Å². The van der Waals surface area contributed by atoms with E-state index in [9.17, 15) is 45.0 Å². The molecule has 238 valence electrons. The molecule has 12 heteroatoms. The molecule has 1 aromatic rings. The topological polar surface area (TPSA) is 61.4 Å². The Morgan fingerprint density at radius 3 is 1.61 bits per heavy atom. The average molecular weight is 605 g/mol. The molecule has 1 unspecified atom stereocenters. The predicted molar refractivity (Wildman–Crippen MR) is 146 cm³/mol. The van der Waals surface area contributed by atoms with E-state index in [1.807, 2.05) is 0 Å². The van der Waals surface area contributed by atoms with Gasteiger partial charge >= 0.3 is 23.9 Å². The number of phenolic OH excluding ortho intramolecular Hbond substituents is 1. The van der Waals surface area contributed by atoms with Gasteiger partial charge < -0.3 is 15.7 Å². The van der Waals surface area contributed by atoms with Gasteiger partial charge in [0, 0.05) is 18.3 Å². The zero-order valence-electron chi connectivity index (χ0n) is 23.7. The number of phenols is 1. The highest BCUT2D eigenvalue weighted by Gasteiger charge is 2.72. The van der Waals surface area contributed by atoms with E-state index in [1.165, 1.54) is 88.4 Å². The summed E-state index contributed by atoms with van der Waals surface area (Å²) in [4.78, 5) is 11.6. The van der Waals surface area contributed by atoms with Crippen LogP contribution >= 0.6 is 0 Å². The van der Waals surface area contributed by atoms with Crippen molar-refractivity contribution in [3.8, 4) is 5.75 Å². The first-order chi connectivity index (χ1) is 19.2. The minimum absolute atomic E-state index is 0.347. The van der Waals surface area contributed by atoms with E-state index >= 15 is 0 Å². The van der Waals surface area contributed by atoms with E-state index in [2.05, 4.69) is 12.2 Å². The third-order valence-corrected chi connectivity index (χ3v) is 6.91. The summed E-state index contributed by atoms with van der Waals surface area (Å²) in [5.74, 6) is -16.1. The number of hydrogen-bond donors (Lipinski definition) is 3. The zero-order valence-corrected chi connectivity index (χ0v) is 23.7. The lowest BCUT2D eigenvalue weighted by molar-refractivity contribution is -0.295. The molecule has 0 fully saturated rings. The van der Waals surface area contributed by atoms with Crippen LogP contribution in [0.25, 0.3) is 0 Å². The van der Waals surface area contributed by atoms with Gasteiger partial charge in [0.25, 0.3) is 6.17 Å². The van der Waals surface area contributed by atoms with E-state index in [0.29, 0.717) is 12.2 Å². The molecule has 0 aliphatic carbocycles. The first-order valence-electron chi connectivity index (χ1n) is 14.6. The summed E-state index contributed by atoms with van der Waals surface area (Å²) >= 11 is 0. The molecule has 4 nitrogen and oxygen atoms in total. The van der Waals surface area contributed by atoms with Gasteiger partial charge in [-0.1, -0.05) is 103 Å². The second-order valence-corrected chi connectivity index (χ2v) is 10.5. The molecule has 41 heavy (non-hydrogen) atoms. The van der Waals surface area contributed by atoms with Crippen molar-refractivity contribution in [3.63, 3.8) is 0 Å². The highest BCUT2D eigenvalue weighted by molar-refractivity contribution is 5.98. The fraction of sp³-hybridized carbons (Fsp3) is 0.759. The number of nitrogens with one attached hydrogen (secondary N) is 2. The molecule has 3 N–H and O–H groups in total. The molecule has 1 rings (SSSR count). The van der Waals surface area contributed by atoms with Crippen molar-refractivity contribution >= 4 is 17.3 Å². The zero-order chi connectivity index (χ0) is 30.9. The van der Waals surface area contributed by atoms with Crippen LogP contribution in [0.15, 0.2) is 18.2 Å². The Hall–Kier alpha value is -2.27. The lowest BCUT2D eigenvalue weighted by Gasteiger charge is -2.29. The Labute approximate surface area is 237 Å². The predicted octanol–water partition coefficient (Wildman–Crippen LogP) is 10.2. The maximum Gasteiger partial charge on any atom is 0.425 e. The fourth-order valence-electron chi connectivity index (χ4n) is 4.37. The monoisotopic (exact) mass is 604 g/mol. The van der Waals surface area contributed by atoms with Crippen molar-refractivity contribution in [2.75, 3.05) is 17.2 Å². The van der Waals surface area contributed by atoms with Crippen LogP contribution < -0.4 is 10.6 Å². The van der Waals surface area contributed by atoms with Crippen LogP contribution in [0.2, 0.25) is 0 Å². The molecule has 0 radical (unpaired) electrons. The molecular formula is C29H44F8N2O2. The molecule has 0 saturated carbocycles.